The fourth-order valence-electron chi connectivity index (χ4n) is 3.16. The summed E-state index contributed by atoms with van der Waals surface area (Å²) in [5.74, 6) is 1.51. The summed E-state index contributed by atoms with van der Waals surface area (Å²) in [5, 5.41) is 3.67. The lowest BCUT2D eigenvalue weighted by Gasteiger charge is -2.32. The van der Waals surface area contributed by atoms with Crippen molar-refractivity contribution in [2.45, 2.75) is 38.8 Å². The van der Waals surface area contributed by atoms with E-state index in [1.165, 1.54) is 32.5 Å². The van der Waals surface area contributed by atoms with Gasteiger partial charge in [0.05, 0.1) is 11.8 Å². The fourth-order valence-corrected chi connectivity index (χ4v) is 3.16. The van der Waals surface area contributed by atoms with Crippen molar-refractivity contribution in [3.05, 3.63) is 18.3 Å². The molecule has 2 saturated heterocycles. The molecule has 2 aliphatic rings. The van der Waals surface area contributed by atoms with Crippen LogP contribution in [0.1, 0.15) is 26.7 Å². The van der Waals surface area contributed by atoms with Gasteiger partial charge in [0.2, 0.25) is 5.88 Å². The molecule has 1 N–H and O–H groups in total. The summed E-state index contributed by atoms with van der Waals surface area (Å²) < 4.78 is 5.78. The van der Waals surface area contributed by atoms with Crippen molar-refractivity contribution in [3.8, 4) is 5.88 Å². The zero-order valence-electron chi connectivity index (χ0n) is 11.8. The molecule has 2 fully saturated rings. The third-order valence-corrected chi connectivity index (χ3v) is 4.09. The maximum Gasteiger partial charge on any atom is 0.237 e. The number of aromatic nitrogens is 1. The third-order valence-electron chi connectivity index (χ3n) is 4.09. The quantitative estimate of drug-likeness (QED) is 0.903. The van der Waals surface area contributed by atoms with Crippen molar-refractivity contribution in [2.75, 3.05) is 25.0 Å². The van der Waals surface area contributed by atoms with E-state index in [-0.39, 0.29) is 6.10 Å². The largest absolute Gasteiger partial charge is 0.473 e. The van der Waals surface area contributed by atoms with Crippen LogP contribution >= 0.6 is 0 Å². The first kappa shape index (κ1) is 12.7. The van der Waals surface area contributed by atoms with Gasteiger partial charge in [-0.2, -0.15) is 0 Å². The second kappa shape index (κ2) is 5.37. The molecule has 19 heavy (non-hydrogen) atoms. The number of nitrogens with zero attached hydrogens (tertiary/aromatic N) is 2. The summed E-state index contributed by atoms with van der Waals surface area (Å²) in [7, 11) is 0. The van der Waals surface area contributed by atoms with Crippen LogP contribution in [0.4, 0.5) is 5.69 Å². The standard InChI is InChI=1S/C15H23N3O/c1-11(2)19-15-14(4-3-7-16-15)17-13-6-9-18-8-5-12(13)10-18/h3-4,7,11-13,17H,5-6,8-10H2,1-2H3. The van der Waals surface area contributed by atoms with Crippen LogP contribution in [-0.4, -0.2) is 41.7 Å². The predicted molar refractivity (Wildman–Crippen MR) is 76.6 cm³/mol. The highest BCUT2D eigenvalue weighted by Gasteiger charge is 2.34. The molecule has 3 atom stereocenters. The van der Waals surface area contributed by atoms with Gasteiger partial charge in [-0.1, -0.05) is 0 Å². The average Bonchev–Trinajstić information content (AvgIpc) is 2.77. The van der Waals surface area contributed by atoms with Crippen molar-refractivity contribution in [1.29, 1.82) is 0 Å². The maximum atomic E-state index is 5.78. The van der Waals surface area contributed by atoms with Gasteiger partial charge in [-0.15, -0.1) is 0 Å². The lowest BCUT2D eigenvalue weighted by Crippen LogP contribution is -2.39. The number of piperidine rings is 1. The summed E-state index contributed by atoms with van der Waals surface area (Å²) in [6.07, 6.45) is 4.49. The molecule has 0 saturated carbocycles. The van der Waals surface area contributed by atoms with Crippen molar-refractivity contribution in [1.82, 2.24) is 9.88 Å². The van der Waals surface area contributed by atoms with Crippen molar-refractivity contribution in [2.24, 2.45) is 5.92 Å². The molecular formula is C15H23N3O. The Kier molecular flexibility index (Phi) is 3.60. The van der Waals surface area contributed by atoms with Gasteiger partial charge in [0, 0.05) is 25.3 Å². The number of hydrogen-bond donors (Lipinski definition) is 1. The van der Waals surface area contributed by atoms with E-state index in [0.29, 0.717) is 6.04 Å². The van der Waals surface area contributed by atoms with E-state index in [1.807, 2.05) is 19.9 Å². The molecule has 1 aromatic rings. The van der Waals surface area contributed by atoms with E-state index in [2.05, 4.69) is 21.3 Å². The second-order valence-corrected chi connectivity index (χ2v) is 5.91. The smallest absolute Gasteiger partial charge is 0.237 e. The van der Waals surface area contributed by atoms with E-state index in [0.717, 1.165) is 17.5 Å². The van der Waals surface area contributed by atoms with Crippen LogP contribution in [0.15, 0.2) is 18.3 Å². The van der Waals surface area contributed by atoms with Gasteiger partial charge in [-0.05, 0) is 51.3 Å². The Bertz CT molecular complexity index is 435. The Morgan fingerprint density at radius 1 is 1.37 bits per heavy atom. The number of anilines is 1. The summed E-state index contributed by atoms with van der Waals surface area (Å²) in [5.41, 5.74) is 1.04. The lowest BCUT2D eigenvalue weighted by atomic mass is 9.94. The fraction of sp³-hybridized carbons (Fsp3) is 0.667. The minimum atomic E-state index is 0.156. The highest BCUT2D eigenvalue weighted by Crippen LogP contribution is 2.31. The van der Waals surface area contributed by atoms with Crippen LogP contribution in [0.25, 0.3) is 0 Å². The first-order valence-electron chi connectivity index (χ1n) is 7.33. The molecule has 1 aromatic heterocycles. The van der Waals surface area contributed by atoms with Crippen LogP contribution < -0.4 is 10.1 Å². The Labute approximate surface area is 115 Å². The number of rotatable bonds is 4. The monoisotopic (exact) mass is 261 g/mol. The van der Waals surface area contributed by atoms with E-state index in [9.17, 15) is 0 Å². The van der Waals surface area contributed by atoms with E-state index < -0.39 is 0 Å². The molecule has 0 spiro atoms. The topological polar surface area (TPSA) is 37.4 Å². The molecule has 4 nitrogen and oxygen atoms in total. The second-order valence-electron chi connectivity index (χ2n) is 5.91. The SMILES string of the molecule is CC(C)Oc1ncccc1NC1CCN2CCC1C2. The third kappa shape index (κ3) is 2.84. The highest BCUT2D eigenvalue weighted by molar-refractivity contribution is 5.53. The minimum Gasteiger partial charge on any atom is -0.473 e. The number of pyridine rings is 1. The number of hydrogen-bond acceptors (Lipinski definition) is 4. The number of fused-ring (bicyclic) bond motifs is 2. The molecular weight excluding hydrogens is 238 g/mol. The van der Waals surface area contributed by atoms with Crippen LogP contribution in [0.2, 0.25) is 0 Å². The van der Waals surface area contributed by atoms with Gasteiger partial charge in [0.15, 0.2) is 0 Å². The van der Waals surface area contributed by atoms with Gasteiger partial charge in [0.25, 0.3) is 0 Å². The molecule has 3 unspecified atom stereocenters. The van der Waals surface area contributed by atoms with Crippen LogP contribution in [0.5, 0.6) is 5.88 Å². The Balaban J connectivity index is 1.72. The van der Waals surface area contributed by atoms with Crippen LogP contribution in [0, 0.1) is 5.92 Å². The van der Waals surface area contributed by atoms with Crippen molar-refractivity contribution < 1.29 is 4.74 Å². The van der Waals surface area contributed by atoms with Gasteiger partial charge >= 0.3 is 0 Å². The van der Waals surface area contributed by atoms with Gasteiger partial charge in [-0.3, -0.25) is 0 Å². The van der Waals surface area contributed by atoms with E-state index >= 15 is 0 Å². The maximum absolute atomic E-state index is 5.78. The van der Waals surface area contributed by atoms with Gasteiger partial charge < -0.3 is 15.0 Å². The molecule has 0 amide bonds. The molecule has 3 rings (SSSR count). The molecule has 2 bridgehead atoms. The molecule has 4 heteroatoms. The van der Waals surface area contributed by atoms with Gasteiger partial charge in [0.1, 0.15) is 0 Å². The van der Waals surface area contributed by atoms with Gasteiger partial charge in [-0.25, -0.2) is 4.98 Å². The van der Waals surface area contributed by atoms with Crippen LogP contribution in [-0.2, 0) is 0 Å². The molecule has 104 valence electrons. The number of nitrogens with one attached hydrogen (secondary N) is 1. The van der Waals surface area contributed by atoms with Crippen LogP contribution in [0.3, 0.4) is 0 Å². The summed E-state index contributed by atoms with van der Waals surface area (Å²) >= 11 is 0. The summed E-state index contributed by atoms with van der Waals surface area (Å²) in [6.45, 7) is 7.81. The molecule has 0 radical (unpaired) electrons. The highest BCUT2D eigenvalue weighted by atomic mass is 16.5. The van der Waals surface area contributed by atoms with E-state index in [4.69, 9.17) is 4.74 Å². The Morgan fingerprint density at radius 3 is 3.05 bits per heavy atom. The number of ether oxygens (including phenoxy) is 1. The predicted octanol–water partition coefficient (Wildman–Crippen LogP) is 2.37. The molecule has 0 aromatic carbocycles. The molecule has 2 aliphatic heterocycles. The molecule has 3 heterocycles. The normalized spacial score (nSPS) is 29.5. The van der Waals surface area contributed by atoms with E-state index in [1.54, 1.807) is 6.20 Å². The first-order valence-corrected chi connectivity index (χ1v) is 7.33. The van der Waals surface area contributed by atoms with Crippen molar-refractivity contribution in [3.63, 3.8) is 0 Å². The summed E-state index contributed by atoms with van der Waals surface area (Å²) in [6, 6.07) is 4.61. The molecule has 0 aliphatic carbocycles. The zero-order valence-corrected chi connectivity index (χ0v) is 11.8. The average molecular weight is 261 g/mol. The lowest BCUT2D eigenvalue weighted by molar-refractivity contribution is 0.232. The Morgan fingerprint density at radius 2 is 2.21 bits per heavy atom. The van der Waals surface area contributed by atoms with Crippen molar-refractivity contribution >= 4 is 5.69 Å². The Hall–Kier alpha value is -1.29. The summed E-state index contributed by atoms with van der Waals surface area (Å²) in [4.78, 5) is 6.92. The minimum absolute atomic E-state index is 0.156. The first-order chi connectivity index (χ1) is 9.22. The zero-order chi connectivity index (χ0) is 13.2.